The zero-order valence-corrected chi connectivity index (χ0v) is 17.2. The average Bonchev–Trinajstić information content (AvgIpc) is 2.73. The van der Waals surface area contributed by atoms with Crippen molar-refractivity contribution in [1.82, 2.24) is 5.32 Å². The van der Waals surface area contributed by atoms with Crippen molar-refractivity contribution in [3.63, 3.8) is 0 Å². The van der Waals surface area contributed by atoms with E-state index in [0.29, 0.717) is 28.3 Å². The molecule has 0 bridgehead atoms. The van der Waals surface area contributed by atoms with Gasteiger partial charge in [-0.1, -0.05) is 24.3 Å². The summed E-state index contributed by atoms with van der Waals surface area (Å²) in [6.45, 7) is 1.71. The Morgan fingerprint density at radius 1 is 1.00 bits per heavy atom. The quantitative estimate of drug-likeness (QED) is 0.391. The maximum atomic E-state index is 14.4. The number of rotatable bonds is 4. The number of carbonyl (C=O) groups excluding carboxylic acids is 1. The van der Waals surface area contributed by atoms with Crippen LogP contribution in [0, 0.1) is 17.5 Å². The van der Waals surface area contributed by atoms with Crippen molar-refractivity contribution in [2.75, 3.05) is 0 Å². The molecule has 9 heteroatoms. The molecule has 0 saturated carbocycles. The molecule has 1 heterocycles. The Labute approximate surface area is 185 Å². The van der Waals surface area contributed by atoms with E-state index in [9.17, 15) is 31.1 Å². The largest absolute Gasteiger partial charge is 0.573 e. The van der Waals surface area contributed by atoms with Crippen LogP contribution >= 0.6 is 0 Å². The molecule has 172 valence electrons. The first-order valence-electron chi connectivity index (χ1n) is 9.87. The van der Waals surface area contributed by atoms with Crippen LogP contribution in [-0.2, 0) is 23.2 Å². The van der Waals surface area contributed by atoms with E-state index in [1.165, 1.54) is 19.1 Å². The first kappa shape index (κ1) is 22.7. The second-order valence-corrected chi connectivity index (χ2v) is 8.00. The summed E-state index contributed by atoms with van der Waals surface area (Å²) in [7, 11) is 0. The molecule has 1 amide bonds. The molecule has 0 aliphatic carbocycles. The smallest absolute Gasteiger partial charge is 0.406 e. The molecule has 1 aliphatic rings. The van der Waals surface area contributed by atoms with Crippen LogP contribution in [0.4, 0.5) is 26.3 Å². The lowest BCUT2D eigenvalue weighted by Crippen LogP contribution is -2.48. The van der Waals surface area contributed by atoms with Crippen molar-refractivity contribution in [2.24, 2.45) is 0 Å². The highest BCUT2D eigenvalue weighted by molar-refractivity contribution is 5.91. The van der Waals surface area contributed by atoms with Crippen LogP contribution < -0.4 is 10.1 Å². The molecule has 0 radical (unpaired) electrons. The Balaban J connectivity index is 1.77. The third-order valence-corrected chi connectivity index (χ3v) is 5.66. The number of carbonyl (C=O) groups is 1. The molecule has 0 aromatic heterocycles. The van der Waals surface area contributed by atoms with Gasteiger partial charge in [-0.15, -0.1) is 13.2 Å². The summed E-state index contributed by atoms with van der Waals surface area (Å²) in [6.07, 6.45) is -5.18. The number of halogens is 6. The molecule has 1 aliphatic heterocycles. The van der Waals surface area contributed by atoms with Crippen molar-refractivity contribution >= 4 is 5.91 Å². The van der Waals surface area contributed by atoms with Gasteiger partial charge in [0.05, 0.1) is 5.41 Å². The van der Waals surface area contributed by atoms with Crippen molar-refractivity contribution in [2.45, 2.75) is 31.7 Å². The molecule has 3 aromatic carbocycles. The van der Waals surface area contributed by atoms with Crippen LogP contribution in [0.25, 0.3) is 11.1 Å². The van der Waals surface area contributed by atoms with Crippen molar-refractivity contribution in [1.29, 1.82) is 0 Å². The van der Waals surface area contributed by atoms with Gasteiger partial charge in [0.2, 0.25) is 5.91 Å². The maximum Gasteiger partial charge on any atom is 0.573 e. The van der Waals surface area contributed by atoms with E-state index >= 15 is 0 Å². The number of alkyl halides is 3. The summed E-state index contributed by atoms with van der Waals surface area (Å²) < 4.78 is 83.6. The fourth-order valence-corrected chi connectivity index (χ4v) is 4.08. The monoisotopic (exact) mass is 465 g/mol. The van der Waals surface area contributed by atoms with Crippen LogP contribution in [0.15, 0.2) is 54.6 Å². The molecule has 0 fully saturated rings. The lowest BCUT2D eigenvalue weighted by Gasteiger charge is -2.35. The highest BCUT2D eigenvalue weighted by Gasteiger charge is 2.41. The molecule has 1 unspecified atom stereocenters. The number of ether oxygens (including phenoxy) is 1. The van der Waals surface area contributed by atoms with Gasteiger partial charge in [-0.05, 0) is 65.4 Å². The van der Waals surface area contributed by atoms with E-state index in [1.807, 2.05) is 0 Å². The number of nitrogens with one attached hydrogen (secondary N) is 1. The van der Waals surface area contributed by atoms with Gasteiger partial charge in [0.25, 0.3) is 0 Å². The van der Waals surface area contributed by atoms with Crippen LogP contribution in [0.3, 0.4) is 0 Å². The van der Waals surface area contributed by atoms with Gasteiger partial charge < -0.3 is 10.1 Å². The molecule has 4 rings (SSSR count). The fourth-order valence-electron chi connectivity index (χ4n) is 4.08. The Hall–Kier alpha value is -3.49. The minimum absolute atomic E-state index is 0.182. The summed E-state index contributed by atoms with van der Waals surface area (Å²) in [4.78, 5) is 12.9. The van der Waals surface area contributed by atoms with Gasteiger partial charge in [-0.3, -0.25) is 4.79 Å². The Bertz CT molecular complexity index is 1240. The molecular formula is C24H17F6NO2. The third kappa shape index (κ3) is 4.53. The van der Waals surface area contributed by atoms with Gasteiger partial charge >= 0.3 is 6.36 Å². The van der Waals surface area contributed by atoms with Gasteiger partial charge in [-0.2, -0.15) is 0 Å². The summed E-state index contributed by atoms with van der Waals surface area (Å²) in [5.41, 5.74) is 0.383. The van der Waals surface area contributed by atoms with Crippen molar-refractivity contribution < 1.29 is 35.9 Å². The first-order valence-corrected chi connectivity index (χ1v) is 9.87. The van der Waals surface area contributed by atoms with Crippen LogP contribution in [-0.4, -0.2) is 12.3 Å². The van der Waals surface area contributed by atoms with Gasteiger partial charge in [0.1, 0.15) is 11.6 Å². The van der Waals surface area contributed by atoms with E-state index in [0.717, 1.165) is 12.1 Å². The second kappa shape index (κ2) is 8.13. The van der Waals surface area contributed by atoms with E-state index in [4.69, 9.17) is 0 Å². The molecule has 0 spiro atoms. The lowest BCUT2D eigenvalue weighted by atomic mass is 9.72. The van der Waals surface area contributed by atoms with Crippen molar-refractivity contribution in [3.05, 3.63) is 88.7 Å². The zero-order chi connectivity index (χ0) is 24.0. The normalized spacial score (nSPS) is 18.0. The fraction of sp³-hybridized carbons (Fsp3) is 0.208. The molecule has 1 N–H and O–H groups in total. The second-order valence-electron chi connectivity index (χ2n) is 8.00. The summed E-state index contributed by atoms with van der Waals surface area (Å²) in [5.74, 6) is -4.45. The minimum atomic E-state index is -4.85. The predicted molar refractivity (Wildman–Crippen MR) is 108 cm³/mol. The van der Waals surface area contributed by atoms with Crippen LogP contribution in [0.1, 0.15) is 23.6 Å². The van der Waals surface area contributed by atoms with Crippen LogP contribution in [0.5, 0.6) is 5.75 Å². The van der Waals surface area contributed by atoms with Gasteiger partial charge in [0, 0.05) is 12.6 Å². The highest BCUT2D eigenvalue weighted by Crippen LogP contribution is 2.38. The Kier molecular flexibility index (Phi) is 5.59. The molecule has 33 heavy (non-hydrogen) atoms. The lowest BCUT2D eigenvalue weighted by molar-refractivity contribution is -0.274. The summed E-state index contributed by atoms with van der Waals surface area (Å²) >= 11 is 0. The van der Waals surface area contributed by atoms with E-state index < -0.39 is 40.9 Å². The Morgan fingerprint density at radius 2 is 1.73 bits per heavy atom. The molecule has 1 atom stereocenters. The zero-order valence-electron chi connectivity index (χ0n) is 17.2. The number of amides is 1. The number of fused-ring (bicyclic) bond motifs is 1. The SMILES string of the molecule is CC1(Cc2cc(F)cc(F)c2F)C(=O)NCc2ccc(-c3cccc(OC(F)(F)F)c3)cc21. The standard InChI is InChI=1S/C24H17F6NO2/c1-23(11-16-7-17(25)10-20(26)21(16)27)19-9-14(5-6-15(19)12-31-22(23)32)13-3-2-4-18(8-13)33-24(28,29)30/h2-10H,11-12H2,1H3,(H,31,32). The number of hydrogen-bond donors (Lipinski definition) is 1. The highest BCUT2D eigenvalue weighted by atomic mass is 19.4. The molecule has 3 aromatic rings. The van der Waals surface area contributed by atoms with Crippen molar-refractivity contribution in [3.8, 4) is 16.9 Å². The van der Waals surface area contributed by atoms with E-state index in [1.54, 1.807) is 24.3 Å². The average molecular weight is 465 g/mol. The maximum absolute atomic E-state index is 14.4. The number of hydrogen-bond acceptors (Lipinski definition) is 2. The first-order chi connectivity index (χ1) is 15.5. The van der Waals surface area contributed by atoms with Crippen LogP contribution in [0.2, 0.25) is 0 Å². The van der Waals surface area contributed by atoms with E-state index in [2.05, 4.69) is 10.1 Å². The minimum Gasteiger partial charge on any atom is -0.406 e. The molecular weight excluding hydrogens is 448 g/mol. The molecule has 3 nitrogen and oxygen atoms in total. The summed E-state index contributed by atoms with van der Waals surface area (Å²) in [5, 5.41) is 2.70. The van der Waals surface area contributed by atoms with Gasteiger partial charge in [-0.25, -0.2) is 13.2 Å². The summed E-state index contributed by atoms with van der Waals surface area (Å²) in [6, 6.07) is 11.6. The number of benzene rings is 3. The Morgan fingerprint density at radius 3 is 2.45 bits per heavy atom. The molecule has 0 saturated heterocycles. The van der Waals surface area contributed by atoms with Gasteiger partial charge in [0.15, 0.2) is 11.6 Å². The van der Waals surface area contributed by atoms with E-state index in [-0.39, 0.29) is 18.5 Å². The topological polar surface area (TPSA) is 38.3 Å². The predicted octanol–water partition coefficient (Wildman–Crippen LogP) is 5.80. The third-order valence-electron chi connectivity index (χ3n) is 5.66.